The highest BCUT2D eigenvalue weighted by molar-refractivity contribution is 7.92. The second-order valence-corrected chi connectivity index (χ2v) is 12.0. The zero-order chi connectivity index (χ0) is 25.2. The predicted octanol–water partition coefficient (Wildman–Crippen LogP) is 3.84. The summed E-state index contributed by atoms with van der Waals surface area (Å²) >= 11 is 0. The molecular weight excluding hydrogens is 498 g/mol. The Morgan fingerprint density at radius 3 is 2.11 bits per heavy atom. The number of amides is 1. The number of carbonyl (C=O) groups excluding carboxylic acids is 1. The van der Waals surface area contributed by atoms with E-state index in [0.717, 1.165) is 24.3 Å². The van der Waals surface area contributed by atoms with Gasteiger partial charge in [0, 0.05) is 24.3 Å². The molecule has 0 bridgehead atoms. The first-order chi connectivity index (χ1) is 16.6. The minimum atomic E-state index is -4.06. The smallest absolute Gasteiger partial charge is 0.261 e. The van der Waals surface area contributed by atoms with Gasteiger partial charge in [-0.1, -0.05) is 12.1 Å². The zero-order valence-electron chi connectivity index (χ0n) is 18.4. The Labute approximate surface area is 202 Å². The van der Waals surface area contributed by atoms with Crippen LogP contribution in [0.3, 0.4) is 0 Å². The third-order valence-corrected chi connectivity index (χ3v) is 9.44. The van der Waals surface area contributed by atoms with Gasteiger partial charge >= 0.3 is 0 Å². The molecule has 11 heteroatoms. The second-order valence-electron chi connectivity index (χ2n) is 8.13. The van der Waals surface area contributed by atoms with Gasteiger partial charge in [0.1, 0.15) is 11.6 Å². The molecule has 1 amide bonds. The number of carbonyl (C=O) groups is 1. The number of hydrogen-bond acceptors (Lipinski definition) is 5. The molecule has 1 saturated heterocycles. The van der Waals surface area contributed by atoms with Crippen LogP contribution in [0.2, 0.25) is 0 Å². The molecule has 1 fully saturated rings. The van der Waals surface area contributed by atoms with Crippen molar-refractivity contribution in [2.75, 3.05) is 17.8 Å². The fraction of sp³-hybridized carbons (Fsp3) is 0.208. The van der Waals surface area contributed by atoms with E-state index in [1.165, 1.54) is 53.4 Å². The highest BCUT2D eigenvalue weighted by atomic mass is 32.2. The molecule has 0 atom stereocenters. The molecule has 0 unspecified atom stereocenters. The van der Waals surface area contributed by atoms with Crippen LogP contribution < -0.4 is 4.72 Å². The second kappa shape index (κ2) is 9.74. The lowest BCUT2D eigenvalue weighted by Gasteiger charge is -2.32. The lowest BCUT2D eigenvalue weighted by Crippen LogP contribution is -2.42. The Hall–Kier alpha value is -3.31. The number of nitrogens with zero attached hydrogens (tertiary/aromatic N) is 1. The summed E-state index contributed by atoms with van der Waals surface area (Å²) in [5.74, 6) is -1.58. The fourth-order valence-electron chi connectivity index (χ4n) is 3.93. The van der Waals surface area contributed by atoms with Crippen LogP contribution in [0.4, 0.5) is 14.5 Å². The minimum Gasteiger partial charge on any atom is -0.339 e. The zero-order valence-corrected chi connectivity index (χ0v) is 20.0. The van der Waals surface area contributed by atoms with Crippen LogP contribution in [0.15, 0.2) is 82.6 Å². The van der Waals surface area contributed by atoms with E-state index < -0.39 is 36.7 Å². The Morgan fingerprint density at radius 1 is 0.800 bits per heavy atom. The number of sulfonamides is 1. The van der Waals surface area contributed by atoms with E-state index in [2.05, 4.69) is 4.72 Å². The highest BCUT2D eigenvalue weighted by Crippen LogP contribution is 2.26. The van der Waals surface area contributed by atoms with Gasteiger partial charge in [0.05, 0.1) is 15.0 Å². The van der Waals surface area contributed by atoms with Crippen molar-refractivity contribution in [3.05, 3.63) is 90.0 Å². The minimum absolute atomic E-state index is 0.0435. The Bertz CT molecular complexity index is 1450. The number of rotatable bonds is 6. The molecule has 0 aromatic heterocycles. The van der Waals surface area contributed by atoms with Gasteiger partial charge < -0.3 is 4.90 Å². The molecule has 0 spiro atoms. The quantitative estimate of drug-likeness (QED) is 0.498. The summed E-state index contributed by atoms with van der Waals surface area (Å²) in [7, 11) is -7.72. The number of hydrogen-bond donors (Lipinski definition) is 1. The Balaban J connectivity index is 1.44. The van der Waals surface area contributed by atoms with Crippen molar-refractivity contribution in [1.29, 1.82) is 0 Å². The molecule has 7 nitrogen and oxygen atoms in total. The van der Waals surface area contributed by atoms with Gasteiger partial charge in [-0.3, -0.25) is 9.52 Å². The van der Waals surface area contributed by atoms with E-state index in [9.17, 15) is 30.4 Å². The van der Waals surface area contributed by atoms with Crippen LogP contribution in [0.1, 0.15) is 23.2 Å². The van der Waals surface area contributed by atoms with Crippen LogP contribution in [0, 0.1) is 11.6 Å². The molecule has 3 aromatic carbocycles. The standard InChI is InChI=1S/C24H22F2N2O5S2/c25-18-7-9-21(10-8-18)34(30,31)22-11-13-28(14-12-22)24(29)17-3-1-5-20(15-17)27-35(32,33)23-6-2-4-19(26)16-23/h1-10,15-16,22,27H,11-14H2. The first-order valence-corrected chi connectivity index (χ1v) is 13.8. The van der Waals surface area contributed by atoms with Crippen molar-refractivity contribution in [3.8, 4) is 0 Å². The van der Waals surface area contributed by atoms with Crippen molar-refractivity contribution >= 4 is 31.5 Å². The maximum atomic E-state index is 13.4. The van der Waals surface area contributed by atoms with E-state index in [-0.39, 0.29) is 52.9 Å². The molecule has 4 rings (SSSR count). The van der Waals surface area contributed by atoms with Gasteiger partial charge in [0.2, 0.25) is 0 Å². The average Bonchev–Trinajstić information content (AvgIpc) is 2.84. The van der Waals surface area contributed by atoms with Gasteiger partial charge in [0.15, 0.2) is 9.84 Å². The molecule has 1 heterocycles. The topological polar surface area (TPSA) is 101 Å². The van der Waals surface area contributed by atoms with Gasteiger partial charge in [-0.05, 0) is 73.5 Å². The number of likely N-dealkylation sites (tertiary alicyclic amines) is 1. The van der Waals surface area contributed by atoms with Crippen LogP contribution in [0.25, 0.3) is 0 Å². The first-order valence-electron chi connectivity index (χ1n) is 10.7. The first kappa shape index (κ1) is 24.8. The molecule has 1 N–H and O–H groups in total. The molecule has 0 aliphatic carbocycles. The Morgan fingerprint density at radius 2 is 1.46 bits per heavy atom. The molecule has 35 heavy (non-hydrogen) atoms. The number of halogens is 2. The molecule has 3 aromatic rings. The number of anilines is 1. The number of sulfone groups is 1. The third-order valence-electron chi connectivity index (χ3n) is 5.78. The van der Waals surface area contributed by atoms with Crippen molar-refractivity contribution < 1.29 is 30.4 Å². The summed E-state index contributed by atoms with van der Waals surface area (Å²) in [5, 5.41) is -0.693. The number of benzene rings is 3. The highest BCUT2D eigenvalue weighted by Gasteiger charge is 2.33. The molecule has 1 aliphatic rings. The van der Waals surface area contributed by atoms with E-state index in [1.54, 1.807) is 0 Å². The maximum absolute atomic E-state index is 13.4. The summed E-state index contributed by atoms with van der Waals surface area (Å²) in [6.07, 6.45) is 0.439. The average molecular weight is 521 g/mol. The summed E-state index contributed by atoms with van der Waals surface area (Å²) in [5.41, 5.74) is 0.359. The lowest BCUT2D eigenvalue weighted by atomic mass is 10.1. The van der Waals surface area contributed by atoms with E-state index in [4.69, 9.17) is 0 Å². The van der Waals surface area contributed by atoms with Crippen molar-refractivity contribution in [3.63, 3.8) is 0 Å². The molecular formula is C24H22F2N2O5S2. The number of nitrogens with one attached hydrogen (secondary N) is 1. The van der Waals surface area contributed by atoms with Crippen molar-refractivity contribution in [2.24, 2.45) is 0 Å². The van der Waals surface area contributed by atoms with Gasteiger partial charge in [-0.15, -0.1) is 0 Å². The summed E-state index contributed by atoms with van der Waals surface area (Å²) in [6.45, 7) is 0.395. The summed E-state index contributed by atoms with van der Waals surface area (Å²) in [4.78, 5) is 14.3. The Kier molecular flexibility index (Phi) is 6.91. The van der Waals surface area contributed by atoms with E-state index >= 15 is 0 Å². The van der Waals surface area contributed by atoms with Crippen LogP contribution in [-0.4, -0.2) is 46.0 Å². The predicted molar refractivity (Wildman–Crippen MR) is 126 cm³/mol. The van der Waals surface area contributed by atoms with Crippen LogP contribution in [0.5, 0.6) is 0 Å². The van der Waals surface area contributed by atoms with E-state index in [0.29, 0.717) is 0 Å². The molecule has 0 radical (unpaired) electrons. The summed E-state index contributed by atoms with van der Waals surface area (Å²) in [6, 6.07) is 15.1. The van der Waals surface area contributed by atoms with Crippen LogP contribution >= 0.6 is 0 Å². The van der Waals surface area contributed by atoms with Crippen molar-refractivity contribution in [1.82, 2.24) is 4.90 Å². The maximum Gasteiger partial charge on any atom is 0.261 e. The van der Waals surface area contributed by atoms with Crippen molar-refractivity contribution in [2.45, 2.75) is 27.9 Å². The fourth-order valence-corrected chi connectivity index (χ4v) is 6.74. The SMILES string of the molecule is O=C(c1cccc(NS(=O)(=O)c2cccc(F)c2)c1)N1CCC(S(=O)(=O)c2ccc(F)cc2)CC1. The lowest BCUT2D eigenvalue weighted by molar-refractivity contribution is 0.0725. The van der Waals surface area contributed by atoms with Gasteiger partial charge in [-0.25, -0.2) is 25.6 Å². The molecule has 0 saturated carbocycles. The molecule has 184 valence electrons. The monoisotopic (exact) mass is 520 g/mol. The molecule has 1 aliphatic heterocycles. The normalized spacial score (nSPS) is 15.1. The summed E-state index contributed by atoms with van der Waals surface area (Å²) < 4.78 is 79.7. The third kappa shape index (κ3) is 5.51. The largest absolute Gasteiger partial charge is 0.339 e. The van der Waals surface area contributed by atoms with Gasteiger partial charge in [-0.2, -0.15) is 0 Å². The van der Waals surface area contributed by atoms with E-state index in [1.807, 2.05) is 0 Å². The van der Waals surface area contributed by atoms with Crippen LogP contribution in [-0.2, 0) is 19.9 Å². The number of piperidine rings is 1. The van der Waals surface area contributed by atoms with Gasteiger partial charge in [0.25, 0.3) is 15.9 Å².